The second-order valence-corrected chi connectivity index (χ2v) is 7.89. The van der Waals surface area contributed by atoms with Gasteiger partial charge in [0.2, 0.25) is 5.91 Å². The highest BCUT2D eigenvalue weighted by Crippen LogP contribution is 2.38. The van der Waals surface area contributed by atoms with Gasteiger partial charge in [-0.05, 0) is 38.8 Å². The molecule has 0 aromatic rings. The maximum absolute atomic E-state index is 12.7. The third-order valence-electron chi connectivity index (χ3n) is 5.97. The molecule has 1 aliphatic heterocycles. The normalized spacial score (nSPS) is 23.7. The maximum atomic E-state index is 12.7. The summed E-state index contributed by atoms with van der Waals surface area (Å²) in [5.41, 5.74) is -0.261. The standard InChI is InChI=1S/C19H37N5O/c1-6-24-13-9-10-16(24)14-23(5)18(20-2)21-15-19(11-7-8-12-19)17(25)22(3)4/h16H,6-15H2,1-5H3,(H,20,21). The Kier molecular flexibility index (Phi) is 7.11. The van der Waals surface area contributed by atoms with Crippen LogP contribution in [0.2, 0.25) is 0 Å². The molecule has 1 unspecified atom stereocenters. The number of hydrogen-bond acceptors (Lipinski definition) is 3. The molecule has 1 saturated carbocycles. The SMILES string of the molecule is CCN1CCCC1CN(C)C(=NC)NCC1(C(=O)N(C)C)CCCC1. The summed E-state index contributed by atoms with van der Waals surface area (Å²) in [7, 11) is 7.67. The monoisotopic (exact) mass is 351 g/mol. The Labute approximate surface area is 153 Å². The lowest BCUT2D eigenvalue weighted by molar-refractivity contribution is -0.138. The molecule has 2 rings (SSSR count). The summed E-state index contributed by atoms with van der Waals surface area (Å²) in [4.78, 5) is 23.7. The zero-order valence-corrected chi connectivity index (χ0v) is 16.8. The molecular formula is C19H37N5O. The zero-order chi connectivity index (χ0) is 18.4. The van der Waals surface area contributed by atoms with E-state index in [1.165, 1.54) is 19.4 Å². The molecular weight excluding hydrogens is 314 g/mol. The van der Waals surface area contributed by atoms with Crippen LogP contribution in [0.4, 0.5) is 0 Å². The Morgan fingerprint density at radius 3 is 2.48 bits per heavy atom. The fourth-order valence-corrected chi connectivity index (χ4v) is 4.55. The minimum atomic E-state index is -0.261. The van der Waals surface area contributed by atoms with Crippen LogP contribution in [0.1, 0.15) is 45.4 Å². The van der Waals surface area contributed by atoms with Crippen molar-refractivity contribution in [1.82, 2.24) is 20.0 Å². The van der Waals surface area contributed by atoms with Crippen LogP contribution in [0.15, 0.2) is 4.99 Å². The number of nitrogens with zero attached hydrogens (tertiary/aromatic N) is 4. The smallest absolute Gasteiger partial charge is 0.230 e. The first-order valence-electron chi connectivity index (χ1n) is 9.81. The second-order valence-electron chi connectivity index (χ2n) is 7.89. The van der Waals surface area contributed by atoms with Crippen molar-refractivity contribution >= 4 is 11.9 Å². The van der Waals surface area contributed by atoms with Crippen molar-refractivity contribution in [1.29, 1.82) is 0 Å². The van der Waals surface area contributed by atoms with E-state index in [1.807, 2.05) is 21.1 Å². The molecule has 1 aliphatic carbocycles. The highest BCUT2D eigenvalue weighted by Gasteiger charge is 2.42. The Hall–Kier alpha value is -1.30. The van der Waals surface area contributed by atoms with E-state index in [0.717, 1.165) is 44.7 Å². The van der Waals surface area contributed by atoms with Gasteiger partial charge in [0.1, 0.15) is 0 Å². The maximum Gasteiger partial charge on any atom is 0.230 e. The van der Waals surface area contributed by atoms with Gasteiger partial charge in [0.15, 0.2) is 5.96 Å². The van der Waals surface area contributed by atoms with Crippen molar-refractivity contribution in [2.75, 3.05) is 54.4 Å². The molecule has 0 aromatic heterocycles. The molecule has 0 aromatic carbocycles. The number of nitrogens with one attached hydrogen (secondary N) is 1. The Balaban J connectivity index is 1.95. The summed E-state index contributed by atoms with van der Waals surface area (Å²) in [6, 6.07) is 0.609. The van der Waals surface area contributed by atoms with Gasteiger partial charge in [0.25, 0.3) is 0 Å². The Bertz CT molecular complexity index is 470. The molecule has 1 atom stereocenters. The number of rotatable bonds is 6. The van der Waals surface area contributed by atoms with Crippen molar-refractivity contribution in [3.05, 3.63) is 0 Å². The van der Waals surface area contributed by atoms with Gasteiger partial charge in [0.05, 0.1) is 5.41 Å². The van der Waals surface area contributed by atoms with Crippen LogP contribution in [0.3, 0.4) is 0 Å². The molecule has 1 saturated heterocycles. The van der Waals surface area contributed by atoms with Gasteiger partial charge in [-0.2, -0.15) is 0 Å². The molecule has 0 radical (unpaired) electrons. The molecule has 25 heavy (non-hydrogen) atoms. The quantitative estimate of drug-likeness (QED) is 0.584. The lowest BCUT2D eigenvalue weighted by Gasteiger charge is -2.34. The Morgan fingerprint density at radius 1 is 1.24 bits per heavy atom. The summed E-state index contributed by atoms with van der Waals surface area (Å²) < 4.78 is 0. The average molecular weight is 352 g/mol. The Morgan fingerprint density at radius 2 is 1.92 bits per heavy atom. The summed E-state index contributed by atoms with van der Waals surface area (Å²) >= 11 is 0. The predicted molar refractivity (Wildman–Crippen MR) is 104 cm³/mol. The van der Waals surface area contributed by atoms with Gasteiger partial charge in [-0.1, -0.05) is 19.8 Å². The first-order valence-corrected chi connectivity index (χ1v) is 9.81. The molecule has 1 heterocycles. The van der Waals surface area contributed by atoms with E-state index in [-0.39, 0.29) is 11.3 Å². The lowest BCUT2D eigenvalue weighted by Crippen LogP contribution is -2.51. The van der Waals surface area contributed by atoms with E-state index < -0.39 is 0 Å². The highest BCUT2D eigenvalue weighted by atomic mass is 16.2. The zero-order valence-electron chi connectivity index (χ0n) is 16.8. The molecule has 1 amide bonds. The van der Waals surface area contributed by atoms with E-state index in [0.29, 0.717) is 12.6 Å². The number of carbonyl (C=O) groups excluding carboxylic acids is 1. The van der Waals surface area contributed by atoms with Crippen LogP contribution in [0.5, 0.6) is 0 Å². The minimum absolute atomic E-state index is 0.253. The number of amides is 1. The van der Waals surface area contributed by atoms with Gasteiger partial charge in [-0.3, -0.25) is 14.7 Å². The van der Waals surface area contributed by atoms with E-state index in [2.05, 4.69) is 34.1 Å². The average Bonchev–Trinajstić information content (AvgIpc) is 3.24. The molecule has 2 aliphatic rings. The topological polar surface area (TPSA) is 51.2 Å². The van der Waals surface area contributed by atoms with Gasteiger partial charge in [-0.15, -0.1) is 0 Å². The van der Waals surface area contributed by atoms with Crippen LogP contribution in [0.25, 0.3) is 0 Å². The lowest BCUT2D eigenvalue weighted by atomic mass is 9.84. The van der Waals surface area contributed by atoms with E-state index in [1.54, 1.807) is 4.90 Å². The summed E-state index contributed by atoms with van der Waals surface area (Å²) in [5, 5.41) is 3.50. The van der Waals surface area contributed by atoms with Crippen LogP contribution in [-0.2, 0) is 4.79 Å². The van der Waals surface area contributed by atoms with Crippen LogP contribution in [-0.4, -0.2) is 87.0 Å². The number of aliphatic imine (C=N–C) groups is 1. The summed E-state index contributed by atoms with van der Waals surface area (Å²) in [5.74, 6) is 1.16. The summed E-state index contributed by atoms with van der Waals surface area (Å²) in [6.45, 7) is 6.24. The van der Waals surface area contributed by atoms with Gasteiger partial charge >= 0.3 is 0 Å². The summed E-state index contributed by atoms with van der Waals surface area (Å²) in [6.07, 6.45) is 6.79. The van der Waals surface area contributed by atoms with Gasteiger partial charge < -0.3 is 15.1 Å². The van der Waals surface area contributed by atoms with Crippen molar-refractivity contribution in [3.63, 3.8) is 0 Å². The van der Waals surface area contributed by atoms with Crippen LogP contribution < -0.4 is 5.32 Å². The molecule has 144 valence electrons. The van der Waals surface area contributed by atoms with Crippen LogP contribution in [0, 0.1) is 5.41 Å². The third-order valence-corrected chi connectivity index (χ3v) is 5.97. The number of likely N-dealkylation sites (N-methyl/N-ethyl adjacent to an activating group) is 2. The molecule has 1 N–H and O–H groups in total. The highest BCUT2D eigenvalue weighted by molar-refractivity contribution is 5.85. The van der Waals surface area contributed by atoms with Crippen molar-refractivity contribution in [2.24, 2.45) is 10.4 Å². The number of hydrogen-bond donors (Lipinski definition) is 1. The minimum Gasteiger partial charge on any atom is -0.355 e. The molecule has 6 nitrogen and oxygen atoms in total. The van der Waals surface area contributed by atoms with Gasteiger partial charge in [-0.25, -0.2) is 0 Å². The molecule has 0 bridgehead atoms. The third kappa shape index (κ3) is 4.66. The largest absolute Gasteiger partial charge is 0.355 e. The predicted octanol–water partition coefficient (Wildman–Crippen LogP) is 1.63. The first-order chi connectivity index (χ1) is 11.9. The van der Waals surface area contributed by atoms with Crippen molar-refractivity contribution in [3.8, 4) is 0 Å². The molecule has 6 heteroatoms. The number of likely N-dealkylation sites (tertiary alicyclic amines) is 1. The van der Waals surface area contributed by atoms with E-state index in [4.69, 9.17) is 0 Å². The van der Waals surface area contributed by atoms with Crippen molar-refractivity contribution in [2.45, 2.75) is 51.5 Å². The van der Waals surface area contributed by atoms with E-state index >= 15 is 0 Å². The molecule has 0 spiro atoms. The molecule has 2 fully saturated rings. The van der Waals surface area contributed by atoms with E-state index in [9.17, 15) is 4.79 Å². The van der Waals surface area contributed by atoms with Crippen molar-refractivity contribution < 1.29 is 4.79 Å². The van der Waals surface area contributed by atoms with Gasteiger partial charge in [0, 0.05) is 47.3 Å². The second kappa shape index (κ2) is 8.88. The number of carbonyl (C=O) groups is 1. The fraction of sp³-hybridized carbons (Fsp3) is 0.895. The number of guanidine groups is 1. The van der Waals surface area contributed by atoms with Crippen LogP contribution >= 0.6 is 0 Å². The first kappa shape index (κ1) is 20.0. The fourth-order valence-electron chi connectivity index (χ4n) is 4.55.